The molecule has 134 valence electrons. The van der Waals surface area contributed by atoms with Crippen LogP contribution in [0, 0.1) is 0 Å². The molecule has 0 amide bonds. The summed E-state index contributed by atoms with van der Waals surface area (Å²) in [6.45, 7) is 1.86. The number of phenolic OH excluding ortho intramolecular Hbond substituents is 1. The Morgan fingerprint density at radius 2 is 1.92 bits per heavy atom. The standard InChI is InChI=1S/C19H24ClN3O2/c1-12(21)17(22)11-15(9-13-3-6-16(24)7-4-13)23-18-8-5-14(20)10-19(18)25-2/h3-8,10-12,17,23-24H,9,21-22H2,1-2H3/b15-11-. The van der Waals surface area contributed by atoms with Gasteiger partial charge >= 0.3 is 0 Å². The minimum atomic E-state index is -0.294. The van der Waals surface area contributed by atoms with Gasteiger partial charge in [0.25, 0.3) is 0 Å². The van der Waals surface area contributed by atoms with Crippen LogP contribution in [0.15, 0.2) is 54.2 Å². The van der Waals surface area contributed by atoms with Crippen molar-refractivity contribution in [1.82, 2.24) is 0 Å². The van der Waals surface area contributed by atoms with Crippen molar-refractivity contribution in [2.24, 2.45) is 11.5 Å². The lowest BCUT2D eigenvalue weighted by Gasteiger charge is -2.18. The molecule has 0 saturated heterocycles. The fraction of sp³-hybridized carbons (Fsp3) is 0.263. The van der Waals surface area contributed by atoms with Crippen molar-refractivity contribution >= 4 is 17.3 Å². The Labute approximate surface area is 153 Å². The van der Waals surface area contributed by atoms with E-state index >= 15 is 0 Å². The largest absolute Gasteiger partial charge is 0.508 e. The number of hydrogen-bond acceptors (Lipinski definition) is 5. The maximum Gasteiger partial charge on any atom is 0.143 e. The van der Waals surface area contributed by atoms with Gasteiger partial charge in [0.2, 0.25) is 0 Å². The highest BCUT2D eigenvalue weighted by molar-refractivity contribution is 6.30. The number of anilines is 1. The summed E-state index contributed by atoms with van der Waals surface area (Å²) in [5.41, 5.74) is 14.7. The third-order valence-electron chi connectivity index (χ3n) is 3.79. The molecule has 2 unspecified atom stereocenters. The van der Waals surface area contributed by atoms with Crippen molar-refractivity contribution < 1.29 is 9.84 Å². The third kappa shape index (κ3) is 5.67. The molecule has 0 aliphatic carbocycles. The Morgan fingerprint density at radius 1 is 1.24 bits per heavy atom. The molecule has 2 aromatic rings. The summed E-state index contributed by atoms with van der Waals surface area (Å²) in [5.74, 6) is 0.868. The first-order valence-electron chi connectivity index (χ1n) is 7.99. The van der Waals surface area contributed by atoms with E-state index in [1.807, 2.05) is 31.2 Å². The van der Waals surface area contributed by atoms with Gasteiger partial charge in [-0.3, -0.25) is 0 Å². The smallest absolute Gasteiger partial charge is 0.143 e. The summed E-state index contributed by atoms with van der Waals surface area (Å²) in [6, 6.07) is 11.9. The monoisotopic (exact) mass is 361 g/mol. The first kappa shape index (κ1) is 19.1. The Kier molecular flexibility index (Phi) is 6.70. The van der Waals surface area contributed by atoms with Crippen LogP contribution in [0.4, 0.5) is 5.69 Å². The highest BCUT2D eigenvalue weighted by Gasteiger charge is 2.11. The van der Waals surface area contributed by atoms with Gasteiger partial charge in [-0.1, -0.05) is 23.7 Å². The number of nitrogens with two attached hydrogens (primary N) is 2. The van der Waals surface area contributed by atoms with Crippen molar-refractivity contribution in [3.05, 3.63) is 64.8 Å². The van der Waals surface area contributed by atoms with Crippen LogP contribution in [-0.4, -0.2) is 24.3 Å². The molecule has 0 aromatic heterocycles. The minimum Gasteiger partial charge on any atom is -0.508 e. The van der Waals surface area contributed by atoms with Crippen molar-refractivity contribution in [1.29, 1.82) is 0 Å². The van der Waals surface area contributed by atoms with Gasteiger partial charge in [-0.25, -0.2) is 0 Å². The average molecular weight is 362 g/mol. The zero-order valence-corrected chi connectivity index (χ0v) is 15.1. The lowest BCUT2D eigenvalue weighted by Crippen LogP contribution is -2.37. The summed E-state index contributed by atoms with van der Waals surface area (Å²) in [4.78, 5) is 0. The van der Waals surface area contributed by atoms with Gasteiger partial charge in [-0.15, -0.1) is 0 Å². The molecular weight excluding hydrogens is 338 g/mol. The first-order chi connectivity index (χ1) is 11.9. The van der Waals surface area contributed by atoms with E-state index in [1.54, 1.807) is 31.4 Å². The molecule has 0 heterocycles. The molecule has 25 heavy (non-hydrogen) atoms. The molecule has 0 bridgehead atoms. The number of phenols is 1. The fourth-order valence-corrected chi connectivity index (χ4v) is 2.47. The SMILES string of the molecule is COc1cc(Cl)ccc1N/C(=C\C(N)C(C)N)Cc1ccc(O)cc1. The molecule has 2 aromatic carbocycles. The number of benzene rings is 2. The first-order valence-corrected chi connectivity index (χ1v) is 8.37. The van der Waals surface area contributed by atoms with Crippen molar-refractivity contribution in [3.8, 4) is 11.5 Å². The van der Waals surface area contributed by atoms with Crippen LogP contribution in [-0.2, 0) is 6.42 Å². The van der Waals surface area contributed by atoms with Gasteiger partial charge in [0.15, 0.2) is 0 Å². The van der Waals surface area contributed by atoms with E-state index in [4.69, 9.17) is 27.8 Å². The van der Waals surface area contributed by atoms with Crippen LogP contribution in [0.25, 0.3) is 0 Å². The third-order valence-corrected chi connectivity index (χ3v) is 4.03. The van der Waals surface area contributed by atoms with Crippen LogP contribution in [0.2, 0.25) is 5.02 Å². The van der Waals surface area contributed by atoms with Crippen LogP contribution >= 0.6 is 11.6 Å². The van der Waals surface area contributed by atoms with Crippen molar-refractivity contribution in [2.45, 2.75) is 25.4 Å². The van der Waals surface area contributed by atoms with Gasteiger partial charge < -0.3 is 26.6 Å². The highest BCUT2D eigenvalue weighted by Crippen LogP contribution is 2.29. The molecule has 0 spiro atoms. The fourth-order valence-electron chi connectivity index (χ4n) is 2.30. The summed E-state index contributed by atoms with van der Waals surface area (Å²) < 4.78 is 5.38. The van der Waals surface area contributed by atoms with E-state index in [0.29, 0.717) is 17.2 Å². The molecule has 5 nitrogen and oxygen atoms in total. The number of aromatic hydroxyl groups is 1. The van der Waals surface area contributed by atoms with Gasteiger partial charge in [0, 0.05) is 35.3 Å². The van der Waals surface area contributed by atoms with Gasteiger partial charge in [-0.2, -0.15) is 0 Å². The number of rotatable bonds is 7. The Balaban J connectivity index is 2.30. The van der Waals surface area contributed by atoms with Crippen molar-refractivity contribution in [2.75, 3.05) is 12.4 Å². The number of methoxy groups -OCH3 is 1. The predicted octanol–water partition coefficient (Wildman–Crippen LogP) is 3.27. The Morgan fingerprint density at radius 3 is 2.52 bits per heavy atom. The lowest BCUT2D eigenvalue weighted by atomic mass is 10.0. The van der Waals surface area contributed by atoms with E-state index in [9.17, 15) is 5.11 Å². The molecule has 6 N–H and O–H groups in total. The Bertz CT molecular complexity index is 730. The maximum absolute atomic E-state index is 9.44. The predicted molar refractivity (Wildman–Crippen MR) is 103 cm³/mol. The molecule has 0 saturated carbocycles. The number of ether oxygens (including phenoxy) is 1. The van der Waals surface area contributed by atoms with E-state index in [2.05, 4.69) is 5.32 Å². The number of allylic oxidation sites excluding steroid dienone is 1. The molecule has 2 atom stereocenters. The summed E-state index contributed by atoms with van der Waals surface area (Å²) >= 11 is 6.02. The van der Waals surface area contributed by atoms with Gasteiger partial charge in [0.1, 0.15) is 11.5 Å². The molecule has 6 heteroatoms. The lowest BCUT2D eigenvalue weighted by molar-refractivity contribution is 0.416. The molecular formula is C19H24ClN3O2. The zero-order chi connectivity index (χ0) is 18.4. The zero-order valence-electron chi connectivity index (χ0n) is 14.4. The maximum atomic E-state index is 9.44. The van der Waals surface area contributed by atoms with E-state index in [0.717, 1.165) is 16.9 Å². The summed E-state index contributed by atoms with van der Waals surface area (Å²) in [6.07, 6.45) is 2.51. The normalized spacial score (nSPS) is 14.0. The Hall–Kier alpha value is -2.21. The van der Waals surface area contributed by atoms with E-state index in [-0.39, 0.29) is 17.8 Å². The summed E-state index contributed by atoms with van der Waals surface area (Å²) in [7, 11) is 1.59. The number of halogens is 1. The molecule has 0 fully saturated rings. The quantitative estimate of drug-likeness (QED) is 0.607. The highest BCUT2D eigenvalue weighted by atomic mass is 35.5. The van der Waals surface area contributed by atoms with Crippen LogP contribution < -0.4 is 21.5 Å². The van der Waals surface area contributed by atoms with Gasteiger partial charge in [-0.05, 0) is 42.8 Å². The topological polar surface area (TPSA) is 93.5 Å². The minimum absolute atomic E-state index is 0.177. The molecule has 0 radical (unpaired) electrons. The molecule has 2 rings (SSSR count). The van der Waals surface area contributed by atoms with Crippen LogP contribution in [0.3, 0.4) is 0 Å². The van der Waals surface area contributed by atoms with Gasteiger partial charge in [0.05, 0.1) is 12.8 Å². The molecule has 0 aliphatic heterocycles. The number of hydrogen-bond donors (Lipinski definition) is 4. The average Bonchev–Trinajstić information content (AvgIpc) is 2.58. The van der Waals surface area contributed by atoms with Crippen LogP contribution in [0.1, 0.15) is 12.5 Å². The molecule has 0 aliphatic rings. The van der Waals surface area contributed by atoms with Crippen molar-refractivity contribution in [3.63, 3.8) is 0 Å². The van der Waals surface area contributed by atoms with E-state index < -0.39 is 0 Å². The second-order valence-electron chi connectivity index (χ2n) is 5.94. The number of nitrogens with one attached hydrogen (secondary N) is 1. The van der Waals surface area contributed by atoms with Crippen LogP contribution in [0.5, 0.6) is 11.5 Å². The summed E-state index contributed by atoms with van der Waals surface area (Å²) in [5, 5.41) is 13.4. The second-order valence-corrected chi connectivity index (χ2v) is 6.38. The second kappa shape index (κ2) is 8.76. The van der Waals surface area contributed by atoms with E-state index in [1.165, 1.54) is 0 Å².